The summed E-state index contributed by atoms with van der Waals surface area (Å²) >= 11 is 6.41. The van der Waals surface area contributed by atoms with Crippen molar-refractivity contribution in [1.82, 2.24) is 10.2 Å². The lowest BCUT2D eigenvalue weighted by molar-refractivity contribution is -0.129. The number of carbonyl (C=O) groups excluding carboxylic acids is 2. The first-order chi connectivity index (χ1) is 20.0. The van der Waals surface area contributed by atoms with Gasteiger partial charge in [-0.25, -0.2) is 8.78 Å². The van der Waals surface area contributed by atoms with Crippen LogP contribution in [0.2, 0.25) is 5.02 Å². The quantitative estimate of drug-likeness (QED) is 0.335. The second-order valence-electron chi connectivity index (χ2n) is 10.4. The summed E-state index contributed by atoms with van der Waals surface area (Å²) in [7, 11) is 0. The fraction of sp³-hybridized carbons (Fsp3) is 0.333. The van der Waals surface area contributed by atoms with E-state index < -0.39 is 51.7 Å². The van der Waals surface area contributed by atoms with Crippen LogP contribution in [-0.2, 0) is 16.8 Å². The van der Waals surface area contributed by atoms with E-state index in [9.17, 15) is 18.4 Å². The van der Waals surface area contributed by atoms with Crippen LogP contribution < -0.4 is 20.5 Å². The molecular weight excluding hydrogens is 578 g/mol. The molecule has 0 aliphatic carbocycles. The molecule has 3 N–H and O–H groups in total. The molecule has 0 radical (unpaired) electrons. The first-order valence-electron chi connectivity index (χ1n) is 13.3. The third-order valence-corrected chi connectivity index (χ3v) is 8.18. The molecule has 2 amide bonds. The summed E-state index contributed by atoms with van der Waals surface area (Å²) < 4.78 is 67.9. The number of alkyl halides is 2. The van der Waals surface area contributed by atoms with E-state index in [2.05, 4.69) is 10.1 Å². The number of ether oxygens (including phenoxy) is 2. The summed E-state index contributed by atoms with van der Waals surface area (Å²) in [4.78, 5) is 25.9. The van der Waals surface area contributed by atoms with Gasteiger partial charge in [-0.2, -0.15) is 8.78 Å². The predicted molar refractivity (Wildman–Crippen MR) is 148 cm³/mol. The SMILES string of the molecule is CC(=O)N1CCC(NCC2(c3ccccc3)Cc3c(cc(F)c(Cl)c3-c3c(C(N)=O)ccc(OC(F)F)c3F)O2)CC1. The Morgan fingerprint density at radius 3 is 2.45 bits per heavy atom. The van der Waals surface area contributed by atoms with Crippen LogP contribution in [0.25, 0.3) is 11.1 Å². The summed E-state index contributed by atoms with van der Waals surface area (Å²) in [5, 5.41) is 2.99. The number of rotatable bonds is 8. The van der Waals surface area contributed by atoms with Crippen molar-refractivity contribution in [1.29, 1.82) is 0 Å². The fourth-order valence-corrected chi connectivity index (χ4v) is 5.97. The molecule has 222 valence electrons. The van der Waals surface area contributed by atoms with Gasteiger partial charge in [-0.1, -0.05) is 41.9 Å². The normalized spacial score (nSPS) is 18.6. The minimum absolute atomic E-state index is 0.0146. The second-order valence-corrected chi connectivity index (χ2v) is 10.7. The van der Waals surface area contributed by atoms with E-state index >= 15 is 8.78 Å². The maximum atomic E-state index is 15.8. The van der Waals surface area contributed by atoms with Crippen molar-refractivity contribution in [2.45, 2.75) is 44.4 Å². The number of nitrogens with two attached hydrogens (primary N) is 1. The van der Waals surface area contributed by atoms with Crippen molar-refractivity contribution in [3.05, 3.63) is 81.9 Å². The van der Waals surface area contributed by atoms with E-state index in [0.29, 0.717) is 25.9 Å². The number of benzene rings is 3. The van der Waals surface area contributed by atoms with Gasteiger partial charge in [0, 0.05) is 61.8 Å². The molecule has 3 aromatic rings. The summed E-state index contributed by atoms with van der Waals surface area (Å²) in [6.45, 7) is -0.365. The first kappa shape index (κ1) is 29.7. The van der Waals surface area contributed by atoms with Gasteiger partial charge in [0.15, 0.2) is 17.2 Å². The lowest BCUT2D eigenvalue weighted by Gasteiger charge is -2.35. The molecule has 2 aliphatic heterocycles. The number of piperidine rings is 1. The van der Waals surface area contributed by atoms with Crippen molar-refractivity contribution < 1.29 is 36.6 Å². The zero-order chi connectivity index (χ0) is 30.2. The fourth-order valence-electron chi connectivity index (χ4n) is 5.70. The monoisotopic (exact) mass is 605 g/mol. The Bertz CT molecular complexity index is 1520. The van der Waals surface area contributed by atoms with Gasteiger partial charge in [0.1, 0.15) is 11.6 Å². The van der Waals surface area contributed by atoms with Crippen LogP contribution in [0.5, 0.6) is 11.5 Å². The molecule has 2 heterocycles. The second kappa shape index (κ2) is 11.8. The van der Waals surface area contributed by atoms with Crippen LogP contribution in [0.3, 0.4) is 0 Å². The molecule has 1 unspecified atom stereocenters. The number of amides is 2. The van der Waals surface area contributed by atoms with Gasteiger partial charge in [0.05, 0.1) is 10.6 Å². The first-order valence-corrected chi connectivity index (χ1v) is 13.7. The zero-order valence-corrected chi connectivity index (χ0v) is 23.3. The van der Waals surface area contributed by atoms with Crippen LogP contribution in [0.15, 0.2) is 48.5 Å². The Morgan fingerprint density at radius 1 is 1.14 bits per heavy atom. The van der Waals surface area contributed by atoms with Crippen LogP contribution in [0, 0.1) is 11.6 Å². The number of hydrogen-bond donors (Lipinski definition) is 2. The molecule has 0 bridgehead atoms. The third-order valence-electron chi connectivity index (χ3n) is 7.81. The summed E-state index contributed by atoms with van der Waals surface area (Å²) in [6, 6.07) is 12.2. The van der Waals surface area contributed by atoms with Crippen LogP contribution >= 0.6 is 11.6 Å². The number of primary amides is 1. The zero-order valence-electron chi connectivity index (χ0n) is 22.6. The smallest absolute Gasteiger partial charge is 0.387 e. The Kier molecular flexibility index (Phi) is 8.34. The van der Waals surface area contributed by atoms with Gasteiger partial charge in [-0.15, -0.1) is 0 Å². The number of nitrogens with zero attached hydrogens (tertiary/aromatic N) is 1. The van der Waals surface area contributed by atoms with E-state index in [-0.39, 0.29) is 41.8 Å². The highest BCUT2D eigenvalue weighted by Crippen LogP contribution is 2.50. The lowest BCUT2D eigenvalue weighted by atomic mass is 9.85. The van der Waals surface area contributed by atoms with Crippen molar-refractivity contribution in [3.8, 4) is 22.6 Å². The Morgan fingerprint density at radius 2 is 1.83 bits per heavy atom. The Hall–Kier alpha value is -3.83. The van der Waals surface area contributed by atoms with Crippen molar-refractivity contribution in [2.75, 3.05) is 19.6 Å². The van der Waals surface area contributed by atoms with Gasteiger partial charge in [-0.05, 0) is 30.5 Å². The number of nitrogens with one attached hydrogen (secondary N) is 1. The highest BCUT2D eigenvalue weighted by atomic mass is 35.5. The van der Waals surface area contributed by atoms with Gasteiger partial charge >= 0.3 is 6.61 Å². The molecule has 0 spiro atoms. The van der Waals surface area contributed by atoms with Crippen LogP contribution in [0.4, 0.5) is 17.6 Å². The van der Waals surface area contributed by atoms with E-state index in [1.807, 2.05) is 30.3 Å². The van der Waals surface area contributed by atoms with Gasteiger partial charge in [0.25, 0.3) is 0 Å². The number of hydrogen-bond acceptors (Lipinski definition) is 5. The minimum atomic E-state index is -3.36. The molecule has 5 rings (SSSR count). The number of fused-ring (bicyclic) bond motifs is 1. The molecular formula is C30H28ClF4N3O4. The summed E-state index contributed by atoms with van der Waals surface area (Å²) in [5.41, 5.74) is 4.24. The molecule has 1 fully saturated rings. The van der Waals surface area contributed by atoms with E-state index in [0.717, 1.165) is 23.8 Å². The van der Waals surface area contributed by atoms with Crippen LogP contribution in [-0.4, -0.2) is 49.0 Å². The molecule has 3 aromatic carbocycles. The molecule has 7 nitrogen and oxygen atoms in total. The molecule has 0 saturated carbocycles. The van der Waals surface area contributed by atoms with Gasteiger partial charge in [-0.3, -0.25) is 9.59 Å². The summed E-state index contributed by atoms with van der Waals surface area (Å²) in [5.74, 6) is -4.17. The predicted octanol–water partition coefficient (Wildman–Crippen LogP) is 5.42. The van der Waals surface area contributed by atoms with Gasteiger partial charge in [0.2, 0.25) is 11.8 Å². The molecule has 12 heteroatoms. The van der Waals surface area contributed by atoms with Crippen LogP contribution in [0.1, 0.15) is 41.3 Å². The standard InChI is InChI=1S/C30H28ClF4N3O4/c1-16(39)38-11-9-18(10-12-38)37-15-30(17-5-3-2-4-6-17)14-20-23(42-30)13-21(32)26(31)24(20)25-19(28(36)40)7-8-22(27(25)33)41-29(34)35/h2-8,13,18,29,37H,9-12,14-15H2,1H3,(H2,36,40). The van der Waals surface area contributed by atoms with Crippen molar-refractivity contribution in [3.63, 3.8) is 0 Å². The molecule has 1 saturated heterocycles. The van der Waals surface area contributed by atoms with Gasteiger partial charge < -0.3 is 25.4 Å². The Balaban J connectivity index is 1.58. The van der Waals surface area contributed by atoms with E-state index in [1.165, 1.54) is 6.92 Å². The Labute approximate surface area is 244 Å². The third kappa shape index (κ3) is 5.63. The topological polar surface area (TPSA) is 93.9 Å². The molecule has 0 aromatic heterocycles. The maximum absolute atomic E-state index is 15.8. The summed E-state index contributed by atoms with van der Waals surface area (Å²) in [6.07, 6.45) is 1.50. The molecule has 42 heavy (non-hydrogen) atoms. The largest absolute Gasteiger partial charge is 0.480 e. The average Bonchev–Trinajstić information content (AvgIpc) is 3.33. The minimum Gasteiger partial charge on any atom is -0.480 e. The molecule has 1 atom stereocenters. The maximum Gasteiger partial charge on any atom is 0.387 e. The molecule has 2 aliphatic rings. The highest BCUT2D eigenvalue weighted by molar-refractivity contribution is 6.34. The van der Waals surface area contributed by atoms with E-state index in [4.69, 9.17) is 22.1 Å². The average molecular weight is 606 g/mol. The number of halogens is 5. The van der Waals surface area contributed by atoms with E-state index in [1.54, 1.807) is 4.90 Å². The lowest BCUT2D eigenvalue weighted by Crippen LogP contribution is -2.49. The highest BCUT2D eigenvalue weighted by Gasteiger charge is 2.44. The van der Waals surface area contributed by atoms with Crippen molar-refractivity contribution >= 4 is 23.4 Å². The van der Waals surface area contributed by atoms with Crippen molar-refractivity contribution in [2.24, 2.45) is 5.73 Å². The number of carbonyl (C=O) groups is 2. The number of likely N-dealkylation sites (tertiary alicyclic amines) is 1.